The van der Waals surface area contributed by atoms with Crippen LogP contribution in [0.2, 0.25) is 0 Å². The minimum Gasteiger partial charge on any atom is -0.507 e. The molecule has 1 aliphatic carbocycles. The fourth-order valence-corrected chi connectivity index (χ4v) is 5.22. The summed E-state index contributed by atoms with van der Waals surface area (Å²) in [6.45, 7) is 1.85. The predicted octanol–water partition coefficient (Wildman–Crippen LogP) is 3.63. The summed E-state index contributed by atoms with van der Waals surface area (Å²) in [5.74, 6) is -1.90. The van der Waals surface area contributed by atoms with Gasteiger partial charge in [0.05, 0.1) is 11.4 Å². The van der Waals surface area contributed by atoms with Crippen molar-refractivity contribution in [1.29, 1.82) is 0 Å². The third kappa shape index (κ3) is 5.91. The van der Waals surface area contributed by atoms with Crippen LogP contribution in [-0.2, 0) is 14.8 Å². The van der Waals surface area contributed by atoms with Crippen LogP contribution in [0.5, 0.6) is 5.75 Å². The van der Waals surface area contributed by atoms with Crippen LogP contribution in [0.15, 0.2) is 47.4 Å². The van der Waals surface area contributed by atoms with E-state index in [1.807, 2.05) is 6.92 Å². The van der Waals surface area contributed by atoms with E-state index in [1.165, 1.54) is 42.3 Å². The average molecular weight is 475 g/mol. The highest BCUT2D eigenvalue weighted by Crippen LogP contribution is 2.30. The second-order valence-electron chi connectivity index (χ2n) is 8.59. The number of sulfonamides is 1. The number of hydrogen-bond donors (Lipinski definition) is 2. The van der Waals surface area contributed by atoms with E-state index in [0.717, 1.165) is 42.0 Å². The molecule has 0 radical (unpaired) electrons. The quantitative estimate of drug-likeness (QED) is 0.604. The van der Waals surface area contributed by atoms with Crippen molar-refractivity contribution in [2.24, 2.45) is 5.92 Å². The molecule has 2 aromatic carbocycles. The number of phenols is 1. The molecule has 2 N–H and O–H groups in total. The number of benzene rings is 2. The van der Waals surface area contributed by atoms with E-state index >= 15 is 0 Å². The fraction of sp³-hybridized carbons (Fsp3) is 0.417. The molecule has 1 saturated carbocycles. The number of anilines is 1. The van der Waals surface area contributed by atoms with Gasteiger partial charge in [0, 0.05) is 25.3 Å². The minimum absolute atomic E-state index is 0.102. The number of hydrogen-bond acceptors (Lipinski definition) is 5. The Morgan fingerprint density at radius 1 is 1.03 bits per heavy atom. The van der Waals surface area contributed by atoms with Crippen molar-refractivity contribution in [3.63, 3.8) is 0 Å². The van der Waals surface area contributed by atoms with Gasteiger partial charge in [0.15, 0.2) is 0 Å². The topological polar surface area (TPSA) is 115 Å². The zero-order chi connectivity index (χ0) is 24.2. The third-order valence-electron chi connectivity index (χ3n) is 6.08. The number of carbonyl (C=O) groups is 2. The Hall–Kier alpha value is -2.91. The molecular formula is C24H30N2O6S. The number of nitrogens with zero attached hydrogens (tertiary/aromatic N) is 2. The molecule has 0 aromatic heterocycles. The molecule has 0 bridgehead atoms. The molecule has 33 heavy (non-hydrogen) atoms. The van der Waals surface area contributed by atoms with Crippen molar-refractivity contribution >= 4 is 27.6 Å². The first kappa shape index (κ1) is 24.7. The van der Waals surface area contributed by atoms with Crippen molar-refractivity contribution in [3.05, 3.63) is 53.6 Å². The molecule has 8 nitrogen and oxygen atoms in total. The molecule has 0 spiro atoms. The van der Waals surface area contributed by atoms with Gasteiger partial charge in [-0.05, 0) is 49.9 Å². The van der Waals surface area contributed by atoms with Crippen molar-refractivity contribution in [2.75, 3.05) is 25.0 Å². The zero-order valence-corrected chi connectivity index (χ0v) is 19.7. The maximum Gasteiger partial charge on any atom is 0.339 e. The van der Waals surface area contributed by atoms with Crippen LogP contribution >= 0.6 is 0 Å². The van der Waals surface area contributed by atoms with Gasteiger partial charge in [0.25, 0.3) is 0 Å². The summed E-state index contributed by atoms with van der Waals surface area (Å²) >= 11 is 0. The molecule has 178 valence electrons. The van der Waals surface area contributed by atoms with E-state index in [2.05, 4.69) is 0 Å². The number of amides is 1. The van der Waals surface area contributed by atoms with E-state index in [0.29, 0.717) is 12.2 Å². The van der Waals surface area contributed by atoms with Gasteiger partial charge in [-0.3, -0.25) is 4.79 Å². The van der Waals surface area contributed by atoms with Crippen molar-refractivity contribution in [1.82, 2.24) is 4.31 Å². The van der Waals surface area contributed by atoms with Gasteiger partial charge in [-0.2, -0.15) is 4.31 Å². The first-order valence-corrected chi connectivity index (χ1v) is 12.4. The van der Waals surface area contributed by atoms with Crippen molar-refractivity contribution in [3.8, 4) is 5.75 Å². The fourth-order valence-electron chi connectivity index (χ4n) is 4.10. The number of aromatic carboxylic acids is 1. The molecule has 1 amide bonds. The minimum atomic E-state index is -3.87. The van der Waals surface area contributed by atoms with Gasteiger partial charge in [-0.15, -0.1) is 0 Å². The van der Waals surface area contributed by atoms with E-state index < -0.39 is 27.6 Å². The van der Waals surface area contributed by atoms with E-state index in [-0.39, 0.29) is 22.9 Å². The Bertz CT molecular complexity index is 1110. The second kappa shape index (κ2) is 10.4. The zero-order valence-electron chi connectivity index (χ0n) is 18.9. The second-order valence-corrected chi connectivity index (χ2v) is 10.6. The SMILES string of the molecule is Cc1ccc(S(=O)(=O)N(C)CC(=O)N(CC2CCCCC2)c2ccc(C(=O)O)c(O)c2)cc1. The van der Waals surface area contributed by atoms with Gasteiger partial charge in [0.2, 0.25) is 15.9 Å². The molecule has 0 saturated heterocycles. The van der Waals surface area contributed by atoms with Crippen LogP contribution in [-0.4, -0.2) is 54.9 Å². The van der Waals surface area contributed by atoms with Gasteiger partial charge in [-0.1, -0.05) is 37.0 Å². The Balaban J connectivity index is 1.86. The molecular weight excluding hydrogens is 444 g/mol. The highest BCUT2D eigenvalue weighted by molar-refractivity contribution is 7.89. The number of rotatable bonds is 8. The van der Waals surface area contributed by atoms with Crippen molar-refractivity contribution < 1.29 is 28.2 Å². The predicted molar refractivity (Wildman–Crippen MR) is 125 cm³/mol. The monoisotopic (exact) mass is 474 g/mol. The number of aromatic hydroxyl groups is 1. The maximum atomic E-state index is 13.3. The number of aryl methyl sites for hydroxylation is 1. The number of carboxylic acid groups (broad SMARTS) is 1. The largest absolute Gasteiger partial charge is 0.507 e. The molecule has 2 aromatic rings. The first-order chi connectivity index (χ1) is 15.6. The molecule has 1 aliphatic rings. The molecule has 0 unspecified atom stereocenters. The lowest BCUT2D eigenvalue weighted by Gasteiger charge is -2.31. The lowest BCUT2D eigenvalue weighted by atomic mass is 9.89. The Kier molecular flexibility index (Phi) is 7.76. The summed E-state index contributed by atoms with van der Waals surface area (Å²) in [4.78, 5) is 26.1. The molecule has 0 aliphatic heterocycles. The average Bonchev–Trinajstić information content (AvgIpc) is 2.78. The van der Waals surface area contributed by atoms with E-state index in [1.54, 1.807) is 12.1 Å². The van der Waals surface area contributed by atoms with Gasteiger partial charge in [-0.25, -0.2) is 13.2 Å². The maximum absolute atomic E-state index is 13.3. The molecule has 0 atom stereocenters. The number of carbonyl (C=O) groups excluding carboxylic acids is 1. The molecule has 0 heterocycles. The van der Waals surface area contributed by atoms with Crippen LogP contribution in [0, 0.1) is 12.8 Å². The van der Waals surface area contributed by atoms with Gasteiger partial charge < -0.3 is 15.1 Å². The number of carboxylic acids is 1. The summed E-state index contributed by atoms with van der Waals surface area (Å²) in [6.07, 6.45) is 5.20. The molecule has 1 fully saturated rings. The summed E-state index contributed by atoms with van der Waals surface area (Å²) in [7, 11) is -2.51. The lowest BCUT2D eigenvalue weighted by molar-refractivity contribution is -0.118. The Labute approximate surface area is 194 Å². The highest BCUT2D eigenvalue weighted by Gasteiger charge is 2.28. The van der Waals surface area contributed by atoms with Crippen LogP contribution in [0.4, 0.5) is 5.69 Å². The van der Waals surface area contributed by atoms with E-state index in [9.17, 15) is 28.2 Å². The molecule has 3 rings (SSSR count). The van der Waals surface area contributed by atoms with Crippen LogP contribution in [0.1, 0.15) is 48.0 Å². The molecule has 9 heteroatoms. The first-order valence-electron chi connectivity index (χ1n) is 11.0. The van der Waals surface area contributed by atoms with Gasteiger partial charge in [0.1, 0.15) is 11.3 Å². The van der Waals surface area contributed by atoms with E-state index in [4.69, 9.17) is 0 Å². The number of likely N-dealkylation sites (N-methyl/N-ethyl adjacent to an activating group) is 1. The summed E-state index contributed by atoms with van der Waals surface area (Å²) in [5, 5.41) is 19.3. The lowest BCUT2D eigenvalue weighted by Crippen LogP contribution is -2.43. The van der Waals surface area contributed by atoms with Crippen LogP contribution in [0.25, 0.3) is 0 Å². The van der Waals surface area contributed by atoms with Crippen LogP contribution in [0.3, 0.4) is 0 Å². The summed E-state index contributed by atoms with van der Waals surface area (Å²) in [5.41, 5.74) is 1.01. The van der Waals surface area contributed by atoms with Crippen LogP contribution < -0.4 is 4.90 Å². The Morgan fingerprint density at radius 2 is 1.67 bits per heavy atom. The van der Waals surface area contributed by atoms with Crippen molar-refractivity contribution in [2.45, 2.75) is 43.9 Å². The summed E-state index contributed by atoms with van der Waals surface area (Å²) in [6, 6.07) is 10.4. The third-order valence-corrected chi connectivity index (χ3v) is 7.89. The highest BCUT2D eigenvalue weighted by atomic mass is 32.2. The van der Waals surface area contributed by atoms with Gasteiger partial charge >= 0.3 is 5.97 Å². The smallest absolute Gasteiger partial charge is 0.339 e. The Morgan fingerprint density at radius 3 is 2.24 bits per heavy atom. The normalized spacial score (nSPS) is 14.9. The standard InChI is InChI=1S/C24H30N2O6S/c1-17-8-11-20(12-9-17)33(31,32)25(2)16-23(28)26(15-18-6-4-3-5-7-18)19-10-13-21(24(29)30)22(27)14-19/h8-14,18,27H,3-7,15-16H2,1-2H3,(H,29,30). The summed E-state index contributed by atoms with van der Waals surface area (Å²) < 4.78 is 26.9.